The van der Waals surface area contributed by atoms with Crippen molar-refractivity contribution >= 4 is 0 Å². The van der Waals surface area contributed by atoms with Gasteiger partial charge in [0.05, 0.1) is 0 Å². The molecule has 0 saturated carbocycles. The molecule has 0 aliphatic heterocycles. The van der Waals surface area contributed by atoms with Crippen LogP contribution in [0, 0.1) is 69.2 Å². The third-order valence-corrected chi connectivity index (χ3v) is 10.2. The fourth-order valence-electron chi connectivity index (χ4n) is 7.91. The minimum Gasteiger partial charge on any atom is -0.257 e. The standard InChI is InChI=1S/C16H26.2C14H23N.3Y/c1-9(2)15-11(5)13(7)16(10(3)4)14(8)12(15)6;2*1-8(2)13-10(5)11(6)14(9(3)4)15-12(13)7;;;/h9-10H,1-8H3;2*8-9H,1-7H3;;;. The SMILES string of the molecule is Cc1c(C)c(C(C)C)c(C)c(C)c1C(C)C.Cc1nc(C(C)C)c(C)c(C)c1C(C)C.Cc1nc(C(C)C)c(C)c(C)c1C(C)C.[Y].[Y].[Y]. The molecule has 2 aromatic heterocycles. The van der Waals surface area contributed by atoms with Gasteiger partial charge in [-0.05, 0) is 172 Å². The monoisotopic (exact) mass is 895 g/mol. The second-order valence-corrected chi connectivity index (χ2v) is 15.7. The Morgan fingerprint density at radius 2 is 0.449 bits per heavy atom. The summed E-state index contributed by atoms with van der Waals surface area (Å²) in [6, 6.07) is 0. The van der Waals surface area contributed by atoms with Gasteiger partial charge in [-0.25, -0.2) is 0 Å². The van der Waals surface area contributed by atoms with Crippen molar-refractivity contribution < 1.29 is 98.1 Å². The van der Waals surface area contributed by atoms with Crippen molar-refractivity contribution in [1.82, 2.24) is 9.97 Å². The maximum absolute atomic E-state index is 4.75. The minimum absolute atomic E-state index is 0. The smallest absolute Gasteiger partial charge is 0.0464 e. The van der Waals surface area contributed by atoms with Crippen LogP contribution in [0.2, 0.25) is 0 Å². The summed E-state index contributed by atoms with van der Waals surface area (Å²) in [6.07, 6.45) is 0. The number of pyridine rings is 2. The van der Waals surface area contributed by atoms with Crippen LogP contribution in [0.1, 0.15) is 208 Å². The maximum atomic E-state index is 4.75. The third-order valence-electron chi connectivity index (χ3n) is 10.2. The molecular weight excluding hydrogens is 823 g/mol. The fraction of sp³-hybridized carbons (Fsp3) is 0.636. The van der Waals surface area contributed by atoms with Gasteiger partial charge in [-0.2, -0.15) is 0 Å². The van der Waals surface area contributed by atoms with Crippen molar-refractivity contribution in [2.45, 2.75) is 188 Å². The first-order valence-electron chi connectivity index (χ1n) is 18.1. The summed E-state index contributed by atoms with van der Waals surface area (Å²) in [7, 11) is 0. The first-order valence-corrected chi connectivity index (χ1v) is 18.1. The summed E-state index contributed by atoms with van der Waals surface area (Å²) in [5.41, 5.74) is 22.5. The molecule has 0 unspecified atom stereocenters. The molecule has 0 N–H and O–H groups in total. The van der Waals surface area contributed by atoms with Crippen molar-refractivity contribution in [2.24, 2.45) is 0 Å². The summed E-state index contributed by atoms with van der Waals surface area (Å²) in [5, 5.41) is 0. The van der Waals surface area contributed by atoms with Gasteiger partial charge in [0.1, 0.15) is 0 Å². The van der Waals surface area contributed by atoms with Gasteiger partial charge in [0.15, 0.2) is 0 Å². The maximum Gasteiger partial charge on any atom is 0.0464 e. The van der Waals surface area contributed by atoms with E-state index in [9.17, 15) is 0 Å². The molecule has 0 bridgehead atoms. The van der Waals surface area contributed by atoms with E-state index in [4.69, 9.17) is 9.97 Å². The van der Waals surface area contributed by atoms with E-state index in [1.165, 1.54) is 78.4 Å². The topological polar surface area (TPSA) is 25.8 Å². The van der Waals surface area contributed by atoms with Crippen LogP contribution in [0.3, 0.4) is 0 Å². The Morgan fingerprint density at radius 3 is 0.612 bits per heavy atom. The Hall–Kier alpha value is 0.832. The van der Waals surface area contributed by atoms with Gasteiger partial charge in [0.2, 0.25) is 0 Å². The average molecular weight is 896 g/mol. The van der Waals surface area contributed by atoms with Crippen molar-refractivity contribution in [3.8, 4) is 0 Å². The van der Waals surface area contributed by atoms with E-state index in [-0.39, 0.29) is 98.1 Å². The summed E-state index contributed by atoms with van der Waals surface area (Å²) in [4.78, 5) is 9.51. The molecule has 0 aliphatic carbocycles. The number of benzene rings is 1. The van der Waals surface area contributed by atoms with Gasteiger partial charge in [-0.15, -0.1) is 0 Å². The molecular formula is C44H72N2Y3. The van der Waals surface area contributed by atoms with Crippen LogP contribution in [-0.4, -0.2) is 9.97 Å². The number of hydrogen-bond donors (Lipinski definition) is 0. The van der Waals surface area contributed by atoms with Crippen molar-refractivity contribution in [3.63, 3.8) is 0 Å². The molecule has 0 amide bonds. The molecule has 5 heteroatoms. The first kappa shape index (κ1) is 54.2. The Balaban J connectivity index is -0.000000629. The van der Waals surface area contributed by atoms with E-state index in [1.807, 2.05) is 0 Å². The predicted molar refractivity (Wildman–Crippen MR) is 207 cm³/mol. The van der Waals surface area contributed by atoms with Crippen LogP contribution in [0.15, 0.2) is 0 Å². The number of rotatable bonds is 6. The number of nitrogens with zero attached hydrogens (tertiary/aromatic N) is 2. The van der Waals surface area contributed by atoms with Crippen LogP contribution < -0.4 is 0 Å². The molecule has 1 aromatic carbocycles. The predicted octanol–water partition coefficient (Wildman–Crippen LogP) is 13.7. The van der Waals surface area contributed by atoms with Gasteiger partial charge in [-0.1, -0.05) is 83.1 Å². The Labute approximate surface area is 380 Å². The quantitative estimate of drug-likeness (QED) is 0.246. The molecule has 2 nitrogen and oxygen atoms in total. The molecule has 0 saturated heterocycles. The summed E-state index contributed by atoms with van der Waals surface area (Å²) >= 11 is 0. The molecule has 0 fully saturated rings. The molecule has 3 aromatic rings. The van der Waals surface area contributed by atoms with E-state index in [0.717, 1.165) is 0 Å². The Morgan fingerprint density at radius 1 is 0.265 bits per heavy atom. The van der Waals surface area contributed by atoms with Gasteiger partial charge in [0, 0.05) is 121 Å². The fourth-order valence-corrected chi connectivity index (χ4v) is 7.91. The van der Waals surface area contributed by atoms with E-state index in [2.05, 4.69) is 152 Å². The molecule has 2 heterocycles. The molecule has 0 aliphatic rings. The van der Waals surface area contributed by atoms with Crippen LogP contribution in [0.5, 0.6) is 0 Å². The minimum atomic E-state index is 0. The van der Waals surface area contributed by atoms with E-state index >= 15 is 0 Å². The van der Waals surface area contributed by atoms with Crippen LogP contribution in [-0.2, 0) is 98.1 Å². The van der Waals surface area contributed by atoms with Crippen molar-refractivity contribution in [3.05, 3.63) is 89.5 Å². The van der Waals surface area contributed by atoms with Gasteiger partial charge in [0.25, 0.3) is 0 Å². The van der Waals surface area contributed by atoms with Crippen LogP contribution in [0.4, 0.5) is 0 Å². The summed E-state index contributed by atoms with van der Waals surface area (Å²) in [6.45, 7) is 49.2. The first-order chi connectivity index (χ1) is 21.0. The van der Waals surface area contributed by atoms with Gasteiger partial charge >= 0.3 is 0 Å². The van der Waals surface area contributed by atoms with E-state index < -0.39 is 0 Å². The molecule has 267 valence electrons. The zero-order valence-electron chi connectivity index (χ0n) is 36.1. The molecule has 49 heavy (non-hydrogen) atoms. The van der Waals surface area contributed by atoms with Gasteiger partial charge in [-0.3, -0.25) is 9.97 Å². The molecule has 0 atom stereocenters. The Kier molecular flexibility index (Phi) is 26.1. The molecule has 0 spiro atoms. The zero-order valence-corrected chi connectivity index (χ0v) is 44.6. The van der Waals surface area contributed by atoms with Crippen molar-refractivity contribution in [1.29, 1.82) is 0 Å². The van der Waals surface area contributed by atoms with Crippen molar-refractivity contribution in [2.75, 3.05) is 0 Å². The van der Waals surface area contributed by atoms with Crippen LogP contribution in [0.25, 0.3) is 0 Å². The molecule has 3 radical (unpaired) electrons. The van der Waals surface area contributed by atoms with E-state index in [0.29, 0.717) is 35.5 Å². The zero-order chi connectivity index (χ0) is 36.1. The van der Waals surface area contributed by atoms with E-state index in [1.54, 1.807) is 11.1 Å². The number of aryl methyl sites for hydroxylation is 2. The number of aromatic nitrogens is 2. The largest absolute Gasteiger partial charge is 0.257 e. The second-order valence-electron chi connectivity index (χ2n) is 15.7. The summed E-state index contributed by atoms with van der Waals surface area (Å²) < 4.78 is 0. The van der Waals surface area contributed by atoms with Gasteiger partial charge < -0.3 is 0 Å². The second kappa shape index (κ2) is 23.6. The number of hydrogen-bond acceptors (Lipinski definition) is 2. The van der Waals surface area contributed by atoms with Crippen LogP contribution >= 0.6 is 0 Å². The normalized spacial score (nSPS) is 10.9. The summed E-state index contributed by atoms with van der Waals surface area (Å²) in [5.74, 6) is 3.42. The third kappa shape index (κ3) is 13.6. The average Bonchev–Trinajstić information content (AvgIpc) is 2.91. The molecule has 3 rings (SSSR count). The Bertz CT molecular complexity index is 1350.